The summed E-state index contributed by atoms with van der Waals surface area (Å²) >= 11 is 0. The molecule has 2 aromatic carbocycles. The van der Waals surface area contributed by atoms with E-state index in [9.17, 15) is 9.59 Å². The van der Waals surface area contributed by atoms with E-state index in [2.05, 4.69) is 10.6 Å². The Morgan fingerprint density at radius 2 is 1.58 bits per heavy atom. The van der Waals surface area contributed by atoms with Crippen LogP contribution in [0.25, 0.3) is 0 Å². The molecular formula is C21H26N2O3. The number of rotatable bonds is 8. The quantitative estimate of drug-likeness (QED) is 0.754. The number of hydrogen-bond acceptors (Lipinski definition) is 3. The molecule has 0 aliphatic rings. The van der Waals surface area contributed by atoms with Gasteiger partial charge in [-0.15, -0.1) is 0 Å². The number of benzene rings is 2. The van der Waals surface area contributed by atoms with Gasteiger partial charge >= 0.3 is 6.09 Å². The lowest BCUT2D eigenvalue weighted by Crippen LogP contribution is -2.39. The molecule has 26 heavy (non-hydrogen) atoms. The zero-order chi connectivity index (χ0) is 18.8. The van der Waals surface area contributed by atoms with Crippen molar-refractivity contribution in [2.75, 3.05) is 0 Å². The molecule has 2 N–H and O–H groups in total. The van der Waals surface area contributed by atoms with Crippen LogP contribution in [0.4, 0.5) is 4.79 Å². The van der Waals surface area contributed by atoms with Crippen molar-refractivity contribution in [1.82, 2.24) is 10.6 Å². The maximum atomic E-state index is 12.3. The van der Waals surface area contributed by atoms with E-state index in [1.807, 2.05) is 74.5 Å². The molecule has 0 radical (unpaired) electrons. The van der Waals surface area contributed by atoms with Crippen molar-refractivity contribution < 1.29 is 14.3 Å². The molecular weight excluding hydrogens is 328 g/mol. The summed E-state index contributed by atoms with van der Waals surface area (Å²) in [5.41, 5.74) is 1.97. The summed E-state index contributed by atoms with van der Waals surface area (Å²) in [5, 5.41) is 5.72. The molecule has 0 fully saturated rings. The van der Waals surface area contributed by atoms with E-state index in [1.54, 1.807) is 0 Å². The van der Waals surface area contributed by atoms with Crippen LogP contribution < -0.4 is 10.6 Å². The molecule has 0 spiro atoms. The number of amides is 2. The molecule has 0 heterocycles. The second-order valence-corrected chi connectivity index (χ2v) is 6.22. The van der Waals surface area contributed by atoms with Crippen LogP contribution in [0.15, 0.2) is 60.7 Å². The molecule has 0 aliphatic heterocycles. The highest BCUT2D eigenvalue weighted by atomic mass is 16.5. The minimum Gasteiger partial charge on any atom is -0.445 e. The van der Waals surface area contributed by atoms with Crippen molar-refractivity contribution in [2.45, 2.75) is 45.4 Å². The standard InChI is InChI=1S/C21H26N2O3/c1-3-19(23-21(25)26-15-17-10-6-4-7-11-17)14-20(24)22-16(2)18-12-8-5-9-13-18/h4-13,16,19H,3,14-15H2,1-2H3,(H,22,24)(H,23,25)/t16-,19+/m0/s1. The van der Waals surface area contributed by atoms with Gasteiger partial charge in [0.1, 0.15) is 6.61 Å². The van der Waals surface area contributed by atoms with Crippen molar-refractivity contribution in [3.8, 4) is 0 Å². The van der Waals surface area contributed by atoms with Crippen LogP contribution in [0, 0.1) is 0 Å². The van der Waals surface area contributed by atoms with Crippen LogP contribution in [-0.4, -0.2) is 18.0 Å². The fourth-order valence-corrected chi connectivity index (χ4v) is 2.58. The largest absolute Gasteiger partial charge is 0.445 e. The molecule has 0 aromatic heterocycles. The molecule has 2 amide bonds. The Kier molecular flexibility index (Phi) is 7.68. The molecule has 5 nitrogen and oxygen atoms in total. The van der Waals surface area contributed by atoms with Gasteiger partial charge in [0.15, 0.2) is 0 Å². The van der Waals surface area contributed by atoms with Gasteiger partial charge in [-0.25, -0.2) is 4.79 Å². The Labute approximate surface area is 154 Å². The maximum absolute atomic E-state index is 12.3. The highest BCUT2D eigenvalue weighted by molar-refractivity contribution is 5.78. The molecule has 2 aromatic rings. The average molecular weight is 354 g/mol. The van der Waals surface area contributed by atoms with Gasteiger partial charge in [-0.2, -0.15) is 0 Å². The molecule has 2 atom stereocenters. The molecule has 0 aliphatic carbocycles. The van der Waals surface area contributed by atoms with E-state index in [1.165, 1.54) is 0 Å². The third kappa shape index (κ3) is 6.59. The van der Waals surface area contributed by atoms with Gasteiger partial charge in [0.05, 0.1) is 6.04 Å². The molecule has 5 heteroatoms. The fraction of sp³-hybridized carbons (Fsp3) is 0.333. The molecule has 2 rings (SSSR count). The van der Waals surface area contributed by atoms with Crippen molar-refractivity contribution >= 4 is 12.0 Å². The summed E-state index contributed by atoms with van der Waals surface area (Å²) in [6.07, 6.45) is 0.353. The van der Waals surface area contributed by atoms with Gasteiger partial charge in [-0.3, -0.25) is 4.79 Å². The first-order valence-electron chi connectivity index (χ1n) is 8.90. The molecule has 0 bridgehead atoms. The first-order chi connectivity index (χ1) is 12.6. The van der Waals surface area contributed by atoms with Crippen molar-refractivity contribution in [3.05, 3.63) is 71.8 Å². The zero-order valence-electron chi connectivity index (χ0n) is 15.3. The molecule has 0 saturated heterocycles. The first-order valence-corrected chi connectivity index (χ1v) is 8.90. The van der Waals surface area contributed by atoms with E-state index in [0.29, 0.717) is 6.42 Å². The minimum atomic E-state index is -0.510. The SMILES string of the molecule is CC[C@H](CC(=O)N[C@@H](C)c1ccccc1)NC(=O)OCc1ccccc1. The highest BCUT2D eigenvalue weighted by Gasteiger charge is 2.17. The fourth-order valence-electron chi connectivity index (χ4n) is 2.58. The van der Waals surface area contributed by atoms with Gasteiger partial charge in [0.25, 0.3) is 0 Å². The van der Waals surface area contributed by atoms with E-state index < -0.39 is 6.09 Å². The minimum absolute atomic E-state index is 0.0776. The van der Waals surface area contributed by atoms with Crippen molar-refractivity contribution in [3.63, 3.8) is 0 Å². The number of carbonyl (C=O) groups excluding carboxylic acids is 2. The Hall–Kier alpha value is -2.82. The summed E-state index contributed by atoms with van der Waals surface area (Å²) in [6.45, 7) is 4.08. The predicted octanol–water partition coefficient (Wildman–Crippen LogP) is 3.96. The Morgan fingerprint density at radius 3 is 2.19 bits per heavy atom. The lowest BCUT2D eigenvalue weighted by molar-refractivity contribution is -0.122. The third-order valence-corrected chi connectivity index (χ3v) is 4.14. The van der Waals surface area contributed by atoms with Crippen LogP contribution in [0.1, 0.15) is 43.9 Å². The van der Waals surface area contributed by atoms with E-state index in [-0.39, 0.29) is 31.0 Å². The smallest absolute Gasteiger partial charge is 0.407 e. The average Bonchev–Trinajstić information content (AvgIpc) is 2.67. The second kappa shape index (κ2) is 10.2. The lowest BCUT2D eigenvalue weighted by atomic mass is 10.1. The van der Waals surface area contributed by atoms with Gasteiger partial charge in [-0.05, 0) is 24.5 Å². The Bertz CT molecular complexity index is 689. The first kappa shape index (κ1) is 19.5. The van der Waals surface area contributed by atoms with Crippen LogP contribution in [-0.2, 0) is 16.1 Å². The number of alkyl carbamates (subject to hydrolysis) is 1. The van der Waals surface area contributed by atoms with Crippen LogP contribution >= 0.6 is 0 Å². The van der Waals surface area contributed by atoms with Crippen LogP contribution in [0.2, 0.25) is 0 Å². The van der Waals surface area contributed by atoms with Gasteiger partial charge in [0.2, 0.25) is 5.91 Å². The Morgan fingerprint density at radius 1 is 0.962 bits per heavy atom. The monoisotopic (exact) mass is 354 g/mol. The Balaban J connectivity index is 1.76. The second-order valence-electron chi connectivity index (χ2n) is 6.22. The predicted molar refractivity (Wildman–Crippen MR) is 101 cm³/mol. The van der Waals surface area contributed by atoms with Gasteiger partial charge in [0, 0.05) is 12.5 Å². The van der Waals surface area contributed by atoms with E-state index >= 15 is 0 Å². The lowest BCUT2D eigenvalue weighted by Gasteiger charge is -2.19. The zero-order valence-corrected chi connectivity index (χ0v) is 15.3. The summed E-state index contributed by atoms with van der Waals surface area (Å²) in [6, 6.07) is 18.9. The van der Waals surface area contributed by atoms with Crippen molar-refractivity contribution in [2.24, 2.45) is 0 Å². The topological polar surface area (TPSA) is 67.4 Å². The van der Waals surface area contributed by atoms with E-state index in [4.69, 9.17) is 4.74 Å². The summed E-state index contributed by atoms with van der Waals surface area (Å²) in [4.78, 5) is 24.2. The van der Waals surface area contributed by atoms with Crippen LogP contribution in [0.3, 0.4) is 0 Å². The van der Waals surface area contributed by atoms with E-state index in [0.717, 1.165) is 11.1 Å². The molecule has 138 valence electrons. The number of hydrogen-bond donors (Lipinski definition) is 2. The maximum Gasteiger partial charge on any atom is 0.407 e. The summed E-state index contributed by atoms with van der Waals surface area (Å²) in [7, 11) is 0. The summed E-state index contributed by atoms with van der Waals surface area (Å²) in [5.74, 6) is -0.100. The summed E-state index contributed by atoms with van der Waals surface area (Å²) < 4.78 is 5.21. The van der Waals surface area contributed by atoms with Crippen LogP contribution in [0.5, 0.6) is 0 Å². The number of carbonyl (C=O) groups is 2. The highest BCUT2D eigenvalue weighted by Crippen LogP contribution is 2.12. The molecule has 0 saturated carbocycles. The normalized spacial score (nSPS) is 12.7. The number of nitrogens with one attached hydrogen (secondary N) is 2. The third-order valence-electron chi connectivity index (χ3n) is 4.14. The van der Waals surface area contributed by atoms with Gasteiger partial charge < -0.3 is 15.4 Å². The van der Waals surface area contributed by atoms with Gasteiger partial charge in [-0.1, -0.05) is 67.6 Å². The van der Waals surface area contributed by atoms with Crippen molar-refractivity contribution in [1.29, 1.82) is 0 Å². The molecule has 0 unspecified atom stereocenters. The number of ether oxygens (including phenoxy) is 1.